The van der Waals surface area contributed by atoms with E-state index in [1.54, 1.807) is 0 Å². The standard InChI is InChI=1S/C13H20ClNS/c1-10-4-5-12(8-13(10)14)9-15-11(2)6-7-16-3/h4-5,8,11,15H,6-7,9H2,1-3H3. The number of halogens is 1. The van der Waals surface area contributed by atoms with E-state index in [1.165, 1.54) is 17.7 Å². The van der Waals surface area contributed by atoms with E-state index in [1.807, 2.05) is 24.8 Å². The van der Waals surface area contributed by atoms with Crippen molar-refractivity contribution >= 4 is 23.4 Å². The van der Waals surface area contributed by atoms with Gasteiger partial charge in [0.1, 0.15) is 0 Å². The van der Waals surface area contributed by atoms with Crippen LogP contribution in [0.2, 0.25) is 5.02 Å². The van der Waals surface area contributed by atoms with Crippen LogP contribution in [0.3, 0.4) is 0 Å². The van der Waals surface area contributed by atoms with Gasteiger partial charge in [0, 0.05) is 17.6 Å². The lowest BCUT2D eigenvalue weighted by molar-refractivity contribution is 0.537. The first kappa shape index (κ1) is 13.9. The van der Waals surface area contributed by atoms with Crippen LogP contribution < -0.4 is 5.32 Å². The van der Waals surface area contributed by atoms with Crippen LogP contribution in [-0.4, -0.2) is 18.1 Å². The van der Waals surface area contributed by atoms with E-state index in [-0.39, 0.29) is 0 Å². The molecule has 0 bridgehead atoms. The molecule has 1 aromatic rings. The van der Waals surface area contributed by atoms with Gasteiger partial charge in [-0.15, -0.1) is 0 Å². The van der Waals surface area contributed by atoms with E-state index < -0.39 is 0 Å². The summed E-state index contributed by atoms with van der Waals surface area (Å²) in [4.78, 5) is 0. The van der Waals surface area contributed by atoms with Crippen molar-refractivity contribution < 1.29 is 0 Å². The zero-order valence-electron chi connectivity index (χ0n) is 10.2. The summed E-state index contributed by atoms with van der Waals surface area (Å²) < 4.78 is 0. The summed E-state index contributed by atoms with van der Waals surface area (Å²) in [5.41, 5.74) is 2.40. The first-order valence-electron chi connectivity index (χ1n) is 5.61. The molecule has 0 amide bonds. The molecular formula is C13H20ClNS. The first-order valence-corrected chi connectivity index (χ1v) is 7.38. The molecule has 0 radical (unpaired) electrons. The Bertz CT molecular complexity index is 328. The fourth-order valence-electron chi connectivity index (χ4n) is 1.44. The van der Waals surface area contributed by atoms with Crippen molar-refractivity contribution in [1.29, 1.82) is 0 Å². The van der Waals surface area contributed by atoms with Gasteiger partial charge < -0.3 is 5.32 Å². The average molecular weight is 258 g/mol. The third kappa shape index (κ3) is 4.77. The van der Waals surface area contributed by atoms with Gasteiger partial charge in [-0.05, 0) is 49.5 Å². The molecule has 0 saturated heterocycles. The SMILES string of the molecule is CSCCC(C)NCc1ccc(C)c(Cl)c1. The smallest absolute Gasteiger partial charge is 0.0438 e. The molecule has 1 atom stereocenters. The van der Waals surface area contributed by atoms with Gasteiger partial charge in [-0.25, -0.2) is 0 Å². The van der Waals surface area contributed by atoms with Gasteiger partial charge in [0.2, 0.25) is 0 Å². The third-order valence-electron chi connectivity index (χ3n) is 2.65. The Labute approximate surface area is 108 Å². The summed E-state index contributed by atoms with van der Waals surface area (Å²) in [5, 5.41) is 4.37. The van der Waals surface area contributed by atoms with Gasteiger partial charge in [0.25, 0.3) is 0 Å². The molecule has 0 aliphatic heterocycles. The maximum atomic E-state index is 6.08. The normalized spacial score (nSPS) is 12.8. The highest BCUT2D eigenvalue weighted by Crippen LogP contribution is 2.16. The van der Waals surface area contributed by atoms with Crippen LogP contribution in [-0.2, 0) is 6.54 Å². The highest BCUT2D eigenvalue weighted by molar-refractivity contribution is 7.98. The van der Waals surface area contributed by atoms with Crippen LogP contribution in [0.1, 0.15) is 24.5 Å². The number of rotatable bonds is 6. The van der Waals surface area contributed by atoms with Crippen molar-refractivity contribution in [2.45, 2.75) is 32.9 Å². The van der Waals surface area contributed by atoms with Gasteiger partial charge in [0.15, 0.2) is 0 Å². The topological polar surface area (TPSA) is 12.0 Å². The van der Waals surface area contributed by atoms with Crippen LogP contribution >= 0.6 is 23.4 Å². The summed E-state index contributed by atoms with van der Waals surface area (Å²) in [7, 11) is 0. The molecule has 0 fully saturated rings. The fourth-order valence-corrected chi connectivity index (χ4v) is 2.23. The highest BCUT2D eigenvalue weighted by atomic mass is 35.5. The van der Waals surface area contributed by atoms with Crippen molar-refractivity contribution in [3.8, 4) is 0 Å². The second kappa shape index (κ2) is 7.21. The first-order chi connectivity index (χ1) is 7.63. The Morgan fingerprint density at radius 2 is 2.19 bits per heavy atom. The van der Waals surface area contributed by atoms with E-state index in [9.17, 15) is 0 Å². The molecule has 0 aliphatic carbocycles. The quantitative estimate of drug-likeness (QED) is 0.830. The number of aryl methyl sites for hydroxylation is 1. The second-order valence-corrected chi connectivity index (χ2v) is 5.54. The fraction of sp³-hybridized carbons (Fsp3) is 0.538. The van der Waals surface area contributed by atoms with Crippen molar-refractivity contribution in [3.63, 3.8) is 0 Å². The lowest BCUT2D eigenvalue weighted by Crippen LogP contribution is -2.25. The summed E-state index contributed by atoms with van der Waals surface area (Å²) >= 11 is 7.98. The average Bonchev–Trinajstić information content (AvgIpc) is 2.28. The van der Waals surface area contributed by atoms with Gasteiger partial charge in [0.05, 0.1) is 0 Å². The Balaban J connectivity index is 2.39. The van der Waals surface area contributed by atoms with Crippen molar-refractivity contribution in [1.82, 2.24) is 5.32 Å². The van der Waals surface area contributed by atoms with E-state index in [4.69, 9.17) is 11.6 Å². The molecule has 1 N–H and O–H groups in total. The van der Waals surface area contributed by atoms with Gasteiger partial charge in [-0.1, -0.05) is 23.7 Å². The second-order valence-electron chi connectivity index (χ2n) is 4.15. The molecule has 0 spiro atoms. The van der Waals surface area contributed by atoms with Crippen molar-refractivity contribution in [2.75, 3.05) is 12.0 Å². The van der Waals surface area contributed by atoms with E-state index in [2.05, 4.69) is 30.6 Å². The molecule has 3 heteroatoms. The summed E-state index contributed by atoms with van der Waals surface area (Å²) in [5.74, 6) is 1.21. The van der Waals surface area contributed by atoms with E-state index in [0.717, 1.165) is 17.1 Å². The Morgan fingerprint density at radius 3 is 2.81 bits per heavy atom. The Morgan fingerprint density at radius 1 is 1.44 bits per heavy atom. The molecule has 0 heterocycles. The minimum Gasteiger partial charge on any atom is -0.310 e. The minimum absolute atomic E-state index is 0.563. The Hall–Kier alpha value is -0.180. The molecule has 1 nitrogen and oxygen atoms in total. The maximum absolute atomic E-state index is 6.08. The van der Waals surface area contributed by atoms with Gasteiger partial charge in [-0.3, -0.25) is 0 Å². The summed E-state index contributed by atoms with van der Waals surface area (Å²) in [6.07, 6.45) is 3.35. The summed E-state index contributed by atoms with van der Waals surface area (Å²) in [6.45, 7) is 5.15. The number of hydrogen-bond donors (Lipinski definition) is 1. The number of benzene rings is 1. The highest BCUT2D eigenvalue weighted by Gasteiger charge is 2.02. The lowest BCUT2D eigenvalue weighted by atomic mass is 10.1. The zero-order chi connectivity index (χ0) is 12.0. The molecule has 0 saturated carbocycles. The molecule has 1 aromatic carbocycles. The Kier molecular flexibility index (Phi) is 6.25. The van der Waals surface area contributed by atoms with Crippen LogP contribution in [0.4, 0.5) is 0 Å². The van der Waals surface area contributed by atoms with Crippen molar-refractivity contribution in [3.05, 3.63) is 34.3 Å². The summed E-state index contributed by atoms with van der Waals surface area (Å²) in [6, 6.07) is 6.82. The van der Waals surface area contributed by atoms with Crippen LogP contribution in [0.15, 0.2) is 18.2 Å². The molecule has 16 heavy (non-hydrogen) atoms. The van der Waals surface area contributed by atoms with E-state index in [0.29, 0.717) is 6.04 Å². The minimum atomic E-state index is 0.563. The molecule has 0 aromatic heterocycles. The number of thioether (sulfide) groups is 1. The number of nitrogens with one attached hydrogen (secondary N) is 1. The molecule has 1 rings (SSSR count). The van der Waals surface area contributed by atoms with Crippen molar-refractivity contribution in [2.24, 2.45) is 0 Å². The maximum Gasteiger partial charge on any atom is 0.0438 e. The monoisotopic (exact) mass is 257 g/mol. The molecule has 1 unspecified atom stereocenters. The molecule has 0 aliphatic rings. The zero-order valence-corrected chi connectivity index (χ0v) is 11.8. The van der Waals surface area contributed by atoms with E-state index >= 15 is 0 Å². The van der Waals surface area contributed by atoms with Crippen LogP contribution in [0.5, 0.6) is 0 Å². The van der Waals surface area contributed by atoms with Crippen LogP contribution in [0.25, 0.3) is 0 Å². The molecule has 90 valence electrons. The third-order valence-corrected chi connectivity index (χ3v) is 3.70. The predicted octanol–water partition coefficient (Wildman–Crippen LogP) is 3.88. The predicted molar refractivity (Wildman–Crippen MR) is 75.5 cm³/mol. The van der Waals surface area contributed by atoms with Gasteiger partial charge >= 0.3 is 0 Å². The van der Waals surface area contributed by atoms with Crippen LogP contribution in [0, 0.1) is 6.92 Å². The number of hydrogen-bond acceptors (Lipinski definition) is 2. The molecular weight excluding hydrogens is 238 g/mol. The lowest BCUT2D eigenvalue weighted by Gasteiger charge is -2.13. The largest absolute Gasteiger partial charge is 0.310 e. The van der Waals surface area contributed by atoms with Gasteiger partial charge in [-0.2, -0.15) is 11.8 Å².